The minimum absolute atomic E-state index is 0.136. The Labute approximate surface area is 145 Å². The van der Waals surface area contributed by atoms with Crippen LogP contribution < -0.4 is 10.8 Å². The number of rotatable bonds is 7. The molecule has 7 heteroatoms. The maximum Gasteiger partial charge on any atom is 0.295 e. The van der Waals surface area contributed by atoms with Gasteiger partial charge in [0.05, 0.1) is 5.69 Å². The lowest BCUT2D eigenvalue weighted by atomic mass is 10.1. The fraction of sp³-hybridized carbons (Fsp3) is 0.167. The van der Waals surface area contributed by atoms with Crippen LogP contribution in [0.15, 0.2) is 54.7 Å². The molecule has 3 aromatic rings. The molecular formula is C18H19N5O2. The molecule has 2 aromatic heterocycles. The van der Waals surface area contributed by atoms with E-state index in [-0.39, 0.29) is 5.69 Å². The number of benzene rings is 1. The predicted molar refractivity (Wildman–Crippen MR) is 92.9 cm³/mol. The van der Waals surface area contributed by atoms with Crippen molar-refractivity contribution >= 4 is 5.91 Å². The molecule has 1 amide bonds. The summed E-state index contributed by atoms with van der Waals surface area (Å²) in [5.74, 6) is -0.644. The molecule has 0 saturated heterocycles. The van der Waals surface area contributed by atoms with Gasteiger partial charge in [0.1, 0.15) is 0 Å². The summed E-state index contributed by atoms with van der Waals surface area (Å²) in [7, 11) is 0. The third kappa shape index (κ3) is 4.50. The second kappa shape index (κ2) is 8.18. The molecule has 7 nitrogen and oxygen atoms in total. The van der Waals surface area contributed by atoms with Gasteiger partial charge in [0.15, 0.2) is 5.69 Å². The van der Waals surface area contributed by atoms with Crippen LogP contribution in [0.4, 0.5) is 0 Å². The van der Waals surface area contributed by atoms with Crippen molar-refractivity contribution in [2.45, 2.75) is 13.0 Å². The van der Waals surface area contributed by atoms with E-state index in [4.69, 9.17) is 5.21 Å². The molecule has 4 N–H and O–H groups in total. The predicted octanol–water partition coefficient (Wildman–Crippen LogP) is 1.92. The molecule has 128 valence electrons. The van der Waals surface area contributed by atoms with E-state index < -0.39 is 5.91 Å². The summed E-state index contributed by atoms with van der Waals surface area (Å²) in [6.45, 7) is 1.57. The Morgan fingerprint density at radius 2 is 2.08 bits per heavy atom. The smallest absolute Gasteiger partial charge is 0.295 e. The van der Waals surface area contributed by atoms with Gasteiger partial charge < -0.3 is 5.32 Å². The number of hydrogen-bond acceptors (Lipinski definition) is 5. The lowest BCUT2D eigenvalue weighted by Gasteiger charge is -2.06. The topological polar surface area (TPSA) is 103 Å². The summed E-state index contributed by atoms with van der Waals surface area (Å²) < 4.78 is 0. The van der Waals surface area contributed by atoms with E-state index in [1.54, 1.807) is 17.7 Å². The number of hydrogen-bond donors (Lipinski definition) is 4. The summed E-state index contributed by atoms with van der Waals surface area (Å²) in [6, 6.07) is 15.5. The highest BCUT2D eigenvalue weighted by atomic mass is 16.5. The summed E-state index contributed by atoms with van der Waals surface area (Å²) in [5.41, 5.74) is 5.54. The standard InChI is InChI=1S/C18H19N5O2/c24-18(23-25)17-11-16(21-22-17)14-5-3-4-13(10-14)12-19-9-7-15-6-1-2-8-20-15/h1-6,8,10-11,19,25H,7,9,12H2,(H,21,22)(H,23,24). The Kier molecular flexibility index (Phi) is 5.50. The molecule has 0 saturated carbocycles. The quantitative estimate of drug-likeness (QED) is 0.300. The van der Waals surface area contributed by atoms with Crippen molar-refractivity contribution in [3.8, 4) is 11.3 Å². The van der Waals surface area contributed by atoms with E-state index in [1.807, 2.05) is 42.5 Å². The number of amides is 1. The molecule has 25 heavy (non-hydrogen) atoms. The van der Waals surface area contributed by atoms with Crippen LogP contribution in [0.5, 0.6) is 0 Å². The summed E-state index contributed by atoms with van der Waals surface area (Å²) in [6.07, 6.45) is 2.68. The van der Waals surface area contributed by atoms with Gasteiger partial charge in [0, 0.05) is 31.4 Å². The lowest BCUT2D eigenvalue weighted by molar-refractivity contribution is 0.0700. The summed E-state index contributed by atoms with van der Waals surface area (Å²) in [5, 5.41) is 18.7. The zero-order valence-electron chi connectivity index (χ0n) is 13.6. The van der Waals surface area contributed by atoms with E-state index in [1.165, 1.54) is 0 Å². The average Bonchev–Trinajstić information content (AvgIpc) is 3.16. The number of hydroxylamine groups is 1. The SMILES string of the molecule is O=C(NO)c1cc(-c2cccc(CNCCc3ccccn3)c2)[nH]n1. The molecule has 0 bridgehead atoms. The number of pyridine rings is 1. The fourth-order valence-electron chi connectivity index (χ4n) is 2.49. The zero-order valence-corrected chi connectivity index (χ0v) is 13.6. The van der Waals surface area contributed by atoms with Gasteiger partial charge in [-0.2, -0.15) is 5.10 Å². The Morgan fingerprint density at radius 3 is 2.88 bits per heavy atom. The van der Waals surface area contributed by atoms with Crippen LogP contribution in [0.1, 0.15) is 21.7 Å². The van der Waals surface area contributed by atoms with Gasteiger partial charge in [-0.1, -0.05) is 24.3 Å². The van der Waals surface area contributed by atoms with E-state index in [0.717, 1.165) is 36.3 Å². The van der Waals surface area contributed by atoms with E-state index in [9.17, 15) is 4.79 Å². The second-order valence-corrected chi connectivity index (χ2v) is 5.56. The summed E-state index contributed by atoms with van der Waals surface area (Å²) in [4.78, 5) is 15.7. The minimum Gasteiger partial charge on any atom is -0.312 e. The van der Waals surface area contributed by atoms with Crippen LogP contribution in [-0.2, 0) is 13.0 Å². The maximum absolute atomic E-state index is 11.4. The first kappa shape index (κ1) is 16.8. The molecule has 0 fully saturated rings. The molecule has 0 spiro atoms. The molecular weight excluding hydrogens is 318 g/mol. The second-order valence-electron chi connectivity index (χ2n) is 5.56. The highest BCUT2D eigenvalue weighted by molar-refractivity contribution is 5.92. The average molecular weight is 337 g/mol. The van der Waals surface area contributed by atoms with Gasteiger partial charge in [-0.15, -0.1) is 0 Å². The fourth-order valence-corrected chi connectivity index (χ4v) is 2.49. The Balaban J connectivity index is 1.58. The van der Waals surface area contributed by atoms with Gasteiger partial charge in [-0.05, 0) is 35.4 Å². The number of aromatic nitrogens is 3. The van der Waals surface area contributed by atoms with Crippen molar-refractivity contribution in [3.05, 3.63) is 71.7 Å². The molecule has 0 unspecified atom stereocenters. The van der Waals surface area contributed by atoms with Crippen LogP contribution in [-0.4, -0.2) is 32.8 Å². The number of aromatic amines is 1. The number of nitrogens with one attached hydrogen (secondary N) is 3. The van der Waals surface area contributed by atoms with E-state index in [2.05, 4.69) is 20.5 Å². The molecule has 0 aliphatic carbocycles. The van der Waals surface area contributed by atoms with Crippen molar-refractivity contribution in [2.75, 3.05) is 6.54 Å². The maximum atomic E-state index is 11.4. The third-order valence-electron chi connectivity index (χ3n) is 3.76. The van der Waals surface area contributed by atoms with Crippen molar-refractivity contribution < 1.29 is 10.0 Å². The normalized spacial score (nSPS) is 10.6. The van der Waals surface area contributed by atoms with Gasteiger partial charge in [-0.25, -0.2) is 5.48 Å². The monoisotopic (exact) mass is 337 g/mol. The highest BCUT2D eigenvalue weighted by Gasteiger charge is 2.10. The molecule has 0 atom stereocenters. The molecule has 2 heterocycles. The molecule has 0 aliphatic heterocycles. The number of nitrogens with zero attached hydrogens (tertiary/aromatic N) is 2. The van der Waals surface area contributed by atoms with E-state index in [0.29, 0.717) is 5.69 Å². The largest absolute Gasteiger partial charge is 0.312 e. The van der Waals surface area contributed by atoms with Gasteiger partial charge in [-0.3, -0.25) is 20.1 Å². The number of H-pyrrole nitrogens is 1. The van der Waals surface area contributed by atoms with Gasteiger partial charge in [0.2, 0.25) is 0 Å². The van der Waals surface area contributed by atoms with Crippen molar-refractivity contribution in [2.24, 2.45) is 0 Å². The van der Waals surface area contributed by atoms with Crippen molar-refractivity contribution in [1.29, 1.82) is 0 Å². The third-order valence-corrected chi connectivity index (χ3v) is 3.76. The molecule has 1 aromatic carbocycles. The van der Waals surface area contributed by atoms with Crippen LogP contribution in [0, 0.1) is 0 Å². The Hall–Kier alpha value is -3.03. The first-order valence-corrected chi connectivity index (χ1v) is 7.96. The lowest BCUT2D eigenvalue weighted by Crippen LogP contribution is -2.18. The van der Waals surface area contributed by atoms with Crippen LogP contribution in [0.3, 0.4) is 0 Å². The number of carbonyl (C=O) groups is 1. The number of carbonyl (C=O) groups excluding carboxylic acids is 1. The van der Waals surface area contributed by atoms with E-state index >= 15 is 0 Å². The van der Waals surface area contributed by atoms with Gasteiger partial charge >= 0.3 is 0 Å². The first-order chi connectivity index (χ1) is 12.3. The van der Waals surface area contributed by atoms with Crippen LogP contribution >= 0.6 is 0 Å². The highest BCUT2D eigenvalue weighted by Crippen LogP contribution is 2.19. The summed E-state index contributed by atoms with van der Waals surface area (Å²) >= 11 is 0. The minimum atomic E-state index is -0.644. The molecule has 0 aliphatic rings. The Bertz CT molecular complexity index is 832. The van der Waals surface area contributed by atoms with Crippen molar-refractivity contribution in [1.82, 2.24) is 26.0 Å². The first-order valence-electron chi connectivity index (χ1n) is 7.96. The molecule has 0 radical (unpaired) electrons. The Morgan fingerprint density at radius 1 is 1.16 bits per heavy atom. The van der Waals surface area contributed by atoms with Crippen LogP contribution in [0.25, 0.3) is 11.3 Å². The van der Waals surface area contributed by atoms with Gasteiger partial charge in [0.25, 0.3) is 5.91 Å². The zero-order chi connectivity index (χ0) is 17.5. The van der Waals surface area contributed by atoms with Crippen molar-refractivity contribution in [3.63, 3.8) is 0 Å². The van der Waals surface area contributed by atoms with Crippen LogP contribution in [0.2, 0.25) is 0 Å². The molecule has 3 rings (SSSR count).